The Balaban J connectivity index is 1.50. The molecular formula is C25H29F6N5O2S. The molecule has 3 rings (SSSR count). The molecule has 0 unspecified atom stereocenters. The zero-order chi connectivity index (χ0) is 29.2. The van der Waals surface area contributed by atoms with Gasteiger partial charge in [0.25, 0.3) is 5.91 Å². The van der Waals surface area contributed by atoms with E-state index in [1.807, 2.05) is 4.90 Å². The number of hydrogen-bond acceptors (Lipinski definition) is 5. The van der Waals surface area contributed by atoms with Crippen LogP contribution in [0, 0.1) is 11.3 Å². The largest absolute Gasteiger partial charge is 0.471 e. The van der Waals surface area contributed by atoms with Crippen molar-refractivity contribution < 1.29 is 35.9 Å². The van der Waals surface area contributed by atoms with E-state index in [0.717, 1.165) is 41.2 Å². The smallest absolute Gasteiger partial charge is 0.334 e. The number of nitriles is 1. The molecule has 2 aliphatic rings. The fraction of sp³-hybridized carbons (Fsp3) is 0.600. The number of benzene rings is 1. The van der Waals surface area contributed by atoms with Crippen LogP contribution in [0.2, 0.25) is 0 Å². The standard InChI is InChI=1S/C25H29F6N5O2S/c1-23(2)20(37)36(18-8-7-17(16-32)19(15-18)24(26,27)28)22(39)35(23)10-6-4-3-5-9-33-11-13-34(14-12-33)21(38)25(29,30)31/h7-8,15H,3-6,9-14H2,1-2H3. The maximum Gasteiger partial charge on any atom is 0.471 e. The summed E-state index contributed by atoms with van der Waals surface area (Å²) < 4.78 is 78.0. The van der Waals surface area contributed by atoms with Crippen molar-refractivity contribution in [2.75, 3.05) is 44.2 Å². The van der Waals surface area contributed by atoms with E-state index in [1.165, 1.54) is 12.1 Å². The third-order valence-corrected chi connectivity index (χ3v) is 7.42. The number of nitrogens with zero attached hydrogens (tertiary/aromatic N) is 5. The van der Waals surface area contributed by atoms with Crippen LogP contribution >= 0.6 is 12.2 Å². The number of carbonyl (C=O) groups is 2. The number of alkyl halides is 6. The van der Waals surface area contributed by atoms with Gasteiger partial charge >= 0.3 is 18.3 Å². The highest BCUT2D eigenvalue weighted by Gasteiger charge is 2.49. The third-order valence-electron chi connectivity index (χ3n) is 7.02. The van der Waals surface area contributed by atoms with Crippen molar-refractivity contribution in [2.45, 2.75) is 57.4 Å². The molecule has 2 saturated heterocycles. The van der Waals surface area contributed by atoms with Gasteiger partial charge in [0.05, 0.1) is 22.9 Å². The number of rotatable bonds is 8. The van der Waals surface area contributed by atoms with E-state index in [9.17, 15) is 35.9 Å². The van der Waals surface area contributed by atoms with E-state index in [0.29, 0.717) is 32.6 Å². The van der Waals surface area contributed by atoms with Gasteiger partial charge in [-0.25, -0.2) is 0 Å². The van der Waals surface area contributed by atoms with Crippen LogP contribution in [-0.2, 0) is 15.8 Å². The van der Waals surface area contributed by atoms with Crippen LogP contribution in [0.1, 0.15) is 50.7 Å². The Bertz CT molecular complexity index is 1140. The van der Waals surface area contributed by atoms with Crippen molar-refractivity contribution >= 4 is 34.8 Å². The van der Waals surface area contributed by atoms with Gasteiger partial charge in [0.1, 0.15) is 5.54 Å². The summed E-state index contributed by atoms with van der Waals surface area (Å²) in [6.07, 6.45) is -6.55. The van der Waals surface area contributed by atoms with Gasteiger partial charge in [0, 0.05) is 32.7 Å². The average molecular weight is 578 g/mol. The summed E-state index contributed by atoms with van der Waals surface area (Å²) in [5.41, 5.74) is -2.81. The molecule has 0 bridgehead atoms. The number of amides is 2. The molecule has 0 saturated carbocycles. The first-order chi connectivity index (χ1) is 18.1. The zero-order valence-electron chi connectivity index (χ0n) is 21.5. The Hall–Kier alpha value is -2.92. The monoisotopic (exact) mass is 577 g/mol. The molecule has 0 aliphatic carbocycles. The molecule has 14 heteroatoms. The first-order valence-corrected chi connectivity index (χ1v) is 12.9. The maximum absolute atomic E-state index is 13.4. The molecule has 2 fully saturated rings. The lowest BCUT2D eigenvalue weighted by molar-refractivity contribution is -0.187. The molecular weight excluding hydrogens is 548 g/mol. The highest BCUT2D eigenvalue weighted by Crippen LogP contribution is 2.38. The molecule has 2 amide bonds. The predicted molar refractivity (Wildman–Crippen MR) is 135 cm³/mol. The first-order valence-electron chi connectivity index (χ1n) is 12.4. The molecule has 1 aromatic carbocycles. The van der Waals surface area contributed by atoms with Crippen LogP contribution < -0.4 is 4.90 Å². The number of piperazine rings is 1. The first kappa shape index (κ1) is 30.6. The molecule has 0 radical (unpaired) electrons. The number of thiocarbonyl (C=S) groups is 1. The molecule has 7 nitrogen and oxygen atoms in total. The number of halogens is 6. The van der Waals surface area contributed by atoms with Gasteiger partial charge in [-0.05, 0) is 63.7 Å². The van der Waals surface area contributed by atoms with Crippen LogP contribution in [0.4, 0.5) is 32.0 Å². The van der Waals surface area contributed by atoms with E-state index in [2.05, 4.69) is 0 Å². The van der Waals surface area contributed by atoms with Gasteiger partial charge in [-0.1, -0.05) is 12.8 Å². The van der Waals surface area contributed by atoms with Crippen molar-refractivity contribution in [1.29, 1.82) is 5.26 Å². The second-order valence-corrected chi connectivity index (χ2v) is 10.4. The molecule has 0 N–H and O–H groups in total. The van der Waals surface area contributed by atoms with E-state index in [-0.39, 0.29) is 23.9 Å². The fourth-order valence-corrected chi connectivity index (χ4v) is 5.26. The SMILES string of the molecule is CC1(C)C(=O)N(c2ccc(C#N)c(C(F)(F)F)c2)C(=S)N1CCCCCCN1CCN(C(=O)C(F)(F)F)CC1. The van der Waals surface area contributed by atoms with Crippen molar-refractivity contribution in [3.8, 4) is 6.07 Å². The lowest BCUT2D eigenvalue weighted by Crippen LogP contribution is -2.52. The quantitative estimate of drug-likeness (QED) is 0.257. The summed E-state index contributed by atoms with van der Waals surface area (Å²) in [6, 6.07) is 4.58. The van der Waals surface area contributed by atoms with Crippen molar-refractivity contribution in [3.63, 3.8) is 0 Å². The topological polar surface area (TPSA) is 70.9 Å². The summed E-state index contributed by atoms with van der Waals surface area (Å²) in [6.45, 7) is 5.23. The molecule has 2 aliphatic heterocycles. The summed E-state index contributed by atoms with van der Waals surface area (Å²) in [7, 11) is 0. The second kappa shape index (κ2) is 11.7. The van der Waals surface area contributed by atoms with Crippen LogP contribution in [0.3, 0.4) is 0 Å². The van der Waals surface area contributed by atoms with Crippen molar-refractivity contribution in [2.24, 2.45) is 0 Å². The number of carbonyl (C=O) groups excluding carboxylic acids is 2. The normalized spacial score (nSPS) is 18.6. The highest BCUT2D eigenvalue weighted by molar-refractivity contribution is 7.80. The Labute approximate surface area is 227 Å². The minimum Gasteiger partial charge on any atom is -0.334 e. The van der Waals surface area contributed by atoms with Crippen molar-refractivity contribution in [3.05, 3.63) is 29.3 Å². The van der Waals surface area contributed by atoms with E-state index >= 15 is 0 Å². The third kappa shape index (κ3) is 6.81. The summed E-state index contributed by atoms with van der Waals surface area (Å²) >= 11 is 5.48. The van der Waals surface area contributed by atoms with Gasteiger partial charge in [0.2, 0.25) is 0 Å². The van der Waals surface area contributed by atoms with E-state index in [4.69, 9.17) is 17.5 Å². The highest BCUT2D eigenvalue weighted by atomic mass is 32.1. The number of hydrogen-bond donors (Lipinski definition) is 0. The molecule has 0 aromatic heterocycles. The number of anilines is 1. The average Bonchev–Trinajstić information content (AvgIpc) is 3.03. The van der Waals surface area contributed by atoms with Gasteiger partial charge in [-0.2, -0.15) is 31.6 Å². The summed E-state index contributed by atoms with van der Waals surface area (Å²) in [5, 5.41) is 9.13. The zero-order valence-corrected chi connectivity index (χ0v) is 22.3. The minimum atomic E-state index is -4.86. The lowest BCUT2D eigenvalue weighted by Gasteiger charge is -2.35. The molecule has 1 aromatic rings. The molecule has 0 atom stereocenters. The van der Waals surface area contributed by atoms with E-state index in [1.54, 1.807) is 18.7 Å². The van der Waals surface area contributed by atoms with Crippen LogP contribution in [0.5, 0.6) is 0 Å². The second-order valence-electron chi connectivity index (χ2n) is 10.0. The molecule has 0 spiro atoms. The maximum atomic E-state index is 13.4. The van der Waals surface area contributed by atoms with Gasteiger partial charge < -0.3 is 9.80 Å². The Kier molecular flexibility index (Phi) is 9.16. The van der Waals surface area contributed by atoms with Gasteiger partial charge in [-0.15, -0.1) is 0 Å². The van der Waals surface area contributed by atoms with Gasteiger partial charge in [-0.3, -0.25) is 19.4 Å². The van der Waals surface area contributed by atoms with Gasteiger partial charge in [0.15, 0.2) is 5.11 Å². The van der Waals surface area contributed by atoms with Crippen molar-refractivity contribution in [1.82, 2.24) is 14.7 Å². The Morgan fingerprint density at radius 1 is 1.00 bits per heavy atom. The molecule has 214 valence electrons. The van der Waals surface area contributed by atoms with E-state index < -0.39 is 40.8 Å². The number of unbranched alkanes of at least 4 members (excludes halogenated alkanes) is 3. The fourth-order valence-electron chi connectivity index (χ4n) is 4.75. The van der Waals surface area contributed by atoms with Crippen LogP contribution in [0.15, 0.2) is 18.2 Å². The van der Waals surface area contributed by atoms with Crippen LogP contribution in [0.25, 0.3) is 0 Å². The summed E-state index contributed by atoms with van der Waals surface area (Å²) in [4.78, 5) is 30.1. The van der Waals surface area contributed by atoms with Crippen LogP contribution in [-0.4, -0.2) is 82.6 Å². The minimum absolute atomic E-state index is 0.0358. The molecule has 39 heavy (non-hydrogen) atoms. The Morgan fingerprint density at radius 3 is 2.13 bits per heavy atom. The summed E-state index contributed by atoms with van der Waals surface area (Å²) in [5.74, 6) is -2.27. The predicted octanol–water partition coefficient (Wildman–Crippen LogP) is 4.56. The Morgan fingerprint density at radius 2 is 1.59 bits per heavy atom. The lowest BCUT2D eigenvalue weighted by atomic mass is 10.0. The molecule has 2 heterocycles.